The lowest BCUT2D eigenvalue weighted by Gasteiger charge is -2.01. The Balaban J connectivity index is 2.14. The molecule has 8 heteroatoms. The minimum absolute atomic E-state index is 0.191. The Kier molecular flexibility index (Phi) is 5.51. The predicted molar refractivity (Wildman–Crippen MR) is 91.6 cm³/mol. The third kappa shape index (κ3) is 3.70. The summed E-state index contributed by atoms with van der Waals surface area (Å²) in [6.07, 6.45) is 6.47. The van der Waals surface area contributed by atoms with Gasteiger partial charge in [-0.3, -0.25) is 19.0 Å². The van der Waals surface area contributed by atoms with Crippen LogP contribution in [0.1, 0.15) is 35.6 Å². The lowest BCUT2D eigenvalue weighted by molar-refractivity contribution is -0.111. The Bertz CT molecular complexity index is 772. The number of hydrogen-bond donors (Lipinski definition) is 2. The van der Waals surface area contributed by atoms with Gasteiger partial charge in [0.2, 0.25) is 5.91 Å². The molecule has 0 atom stereocenters. The molecule has 0 radical (unpaired) electrons. The molecule has 128 valence electrons. The van der Waals surface area contributed by atoms with Gasteiger partial charge < -0.3 is 10.6 Å². The molecule has 0 aliphatic rings. The van der Waals surface area contributed by atoms with Crippen LogP contribution in [0.15, 0.2) is 18.5 Å². The molecule has 0 saturated heterocycles. The fourth-order valence-corrected chi connectivity index (χ4v) is 2.24. The number of aromatic nitrogens is 4. The second-order valence-electron chi connectivity index (χ2n) is 5.15. The lowest BCUT2D eigenvalue weighted by Crippen LogP contribution is -2.21. The molecule has 2 heterocycles. The summed E-state index contributed by atoms with van der Waals surface area (Å²) in [6.45, 7) is 7.23. The normalized spacial score (nSPS) is 11.0. The van der Waals surface area contributed by atoms with E-state index < -0.39 is 0 Å². The first-order valence-electron chi connectivity index (χ1n) is 7.81. The quantitative estimate of drug-likeness (QED) is 0.784. The van der Waals surface area contributed by atoms with Gasteiger partial charge in [0.1, 0.15) is 0 Å². The summed E-state index contributed by atoms with van der Waals surface area (Å²) in [6, 6.07) is 0. The summed E-state index contributed by atoms with van der Waals surface area (Å²) in [5.74, 6) is -0.680. The summed E-state index contributed by atoms with van der Waals surface area (Å²) in [5, 5.41) is 13.6. The van der Waals surface area contributed by atoms with Crippen LogP contribution in [-0.2, 0) is 17.9 Å². The number of carbonyl (C=O) groups excluding carboxylic acids is 2. The van der Waals surface area contributed by atoms with Crippen LogP contribution in [0.25, 0.3) is 6.08 Å². The maximum Gasteiger partial charge on any atom is 0.273 e. The first kappa shape index (κ1) is 17.5. The Morgan fingerprint density at radius 3 is 2.62 bits per heavy atom. The molecule has 2 aromatic rings. The molecule has 0 saturated carbocycles. The SMILES string of the molecule is CCn1cc(NC(=O)/C=C/c2cnn(CC)c2C)c(C(=O)NC)n1. The third-order valence-electron chi connectivity index (χ3n) is 3.64. The molecule has 2 rings (SSSR count). The number of amides is 2. The number of rotatable bonds is 6. The van der Waals surface area contributed by atoms with Crippen LogP contribution in [0.4, 0.5) is 5.69 Å². The molecule has 0 spiro atoms. The van der Waals surface area contributed by atoms with E-state index in [1.165, 1.54) is 13.1 Å². The molecular formula is C16H22N6O2. The molecule has 0 aliphatic carbocycles. The maximum atomic E-state index is 12.1. The van der Waals surface area contributed by atoms with Gasteiger partial charge in [-0.1, -0.05) is 0 Å². The van der Waals surface area contributed by atoms with Crippen molar-refractivity contribution in [3.8, 4) is 0 Å². The molecule has 24 heavy (non-hydrogen) atoms. The van der Waals surface area contributed by atoms with E-state index in [1.807, 2.05) is 25.5 Å². The van der Waals surface area contributed by atoms with Gasteiger partial charge in [0, 0.05) is 43.7 Å². The van der Waals surface area contributed by atoms with Gasteiger partial charge in [0.25, 0.3) is 5.91 Å². The van der Waals surface area contributed by atoms with Crippen molar-refractivity contribution >= 4 is 23.6 Å². The highest BCUT2D eigenvalue weighted by Gasteiger charge is 2.16. The lowest BCUT2D eigenvalue weighted by atomic mass is 10.2. The van der Waals surface area contributed by atoms with E-state index in [1.54, 1.807) is 23.2 Å². The van der Waals surface area contributed by atoms with Crippen molar-refractivity contribution in [1.82, 2.24) is 24.9 Å². The van der Waals surface area contributed by atoms with Crippen molar-refractivity contribution in [1.29, 1.82) is 0 Å². The molecular weight excluding hydrogens is 308 g/mol. The zero-order valence-corrected chi connectivity index (χ0v) is 14.3. The second kappa shape index (κ2) is 7.58. The Labute approximate surface area is 140 Å². The van der Waals surface area contributed by atoms with Crippen LogP contribution in [0.2, 0.25) is 0 Å². The molecule has 0 unspecified atom stereocenters. The van der Waals surface area contributed by atoms with E-state index in [0.717, 1.165) is 17.8 Å². The number of anilines is 1. The molecule has 2 aromatic heterocycles. The van der Waals surface area contributed by atoms with Crippen molar-refractivity contribution in [2.24, 2.45) is 0 Å². The van der Waals surface area contributed by atoms with Gasteiger partial charge in [-0.05, 0) is 26.8 Å². The topological polar surface area (TPSA) is 93.8 Å². The highest BCUT2D eigenvalue weighted by Crippen LogP contribution is 2.14. The van der Waals surface area contributed by atoms with Gasteiger partial charge in [-0.25, -0.2) is 0 Å². The second-order valence-corrected chi connectivity index (χ2v) is 5.15. The van der Waals surface area contributed by atoms with E-state index >= 15 is 0 Å². The minimum atomic E-state index is -0.346. The van der Waals surface area contributed by atoms with Crippen molar-refractivity contribution in [2.75, 3.05) is 12.4 Å². The largest absolute Gasteiger partial charge is 0.354 e. The van der Waals surface area contributed by atoms with E-state index in [4.69, 9.17) is 0 Å². The van der Waals surface area contributed by atoms with Gasteiger partial charge in [0.15, 0.2) is 5.69 Å². The minimum Gasteiger partial charge on any atom is -0.354 e. The van der Waals surface area contributed by atoms with Gasteiger partial charge >= 0.3 is 0 Å². The standard InChI is InChI=1S/C16H22N6O2/c1-5-21-10-13(15(20-21)16(24)17-4)19-14(23)8-7-12-9-18-22(6-2)11(12)3/h7-10H,5-6H2,1-4H3,(H,17,24)(H,19,23)/b8-7+. The molecule has 2 N–H and O–H groups in total. The molecule has 0 aliphatic heterocycles. The average Bonchev–Trinajstić information content (AvgIpc) is 3.15. The van der Waals surface area contributed by atoms with Crippen molar-refractivity contribution in [3.05, 3.63) is 35.4 Å². The summed E-state index contributed by atoms with van der Waals surface area (Å²) in [7, 11) is 1.52. The van der Waals surface area contributed by atoms with E-state index in [0.29, 0.717) is 12.2 Å². The summed E-state index contributed by atoms with van der Waals surface area (Å²) < 4.78 is 3.45. The average molecular weight is 330 g/mol. The number of hydrogen-bond acceptors (Lipinski definition) is 4. The Morgan fingerprint density at radius 1 is 1.29 bits per heavy atom. The van der Waals surface area contributed by atoms with Crippen LogP contribution in [-0.4, -0.2) is 38.4 Å². The van der Waals surface area contributed by atoms with Gasteiger partial charge in [0.05, 0.1) is 11.9 Å². The molecule has 2 amide bonds. The van der Waals surface area contributed by atoms with Gasteiger partial charge in [-0.15, -0.1) is 0 Å². The Hall–Kier alpha value is -2.90. The summed E-state index contributed by atoms with van der Waals surface area (Å²) in [4.78, 5) is 24.0. The number of carbonyl (C=O) groups is 2. The first-order chi connectivity index (χ1) is 11.5. The summed E-state index contributed by atoms with van der Waals surface area (Å²) in [5.41, 5.74) is 2.44. The molecule has 8 nitrogen and oxygen atoms in total. The van der Waals surface area contributed by atoms with Gasteiger partial charge in [-0.2, -0.15) is 10.2 Å². The first-order valence-corrected chi connectivity index (χ1v) is 7.81. The monoisotopic (exact) mass is 330 g/mol. The van der Waals surface area contributed by atoms with Crippen molar-refractivity contribution < 1.29 is 9.59 Å². The smallest absolute Gasteiger partial charge is 0.273 e. The van der Waals surface area contributed by atoms with Crippen LogP contribution in [0, 0.1) is 6.92 Å². The van der Waals surface area contributed by atoms with Crippen LogP contribution < -0.4 is 10.6 Å². The zero-order valence-electron chi connectivity index (χ0n) is 14.3. The van der Waals surface area contributed by atoms with E-state index in [-0.39, 0.29) is 17.5 Å². The fourth-order valence-electron chi connectivity index (χ4n) is 2.24. The summed E-state index contributed by atoms with van der Waals surface area (Å²) >= 11 is 0. The fraction of sp³-hybridized carbons (Fsp3) is 0.375. The maximum absolute atomic E-state index is 12.1. The zero-order chi connectivity index (χ0) is 17.7. The van der Waals surface area contributed by atoms with Crippen LogP contribution in [0.5, 0.6) is 0 Å². The van der Waals surface area contributed by atoms with Crippen molar-refractivity contribution in [2.45, 2.75) is 33.9 Å². The number of nitrogens with one attached hydrogen (secondary N) is 2. The number of nitrogens with zero attached hydrogens (tertiary/aromatic N) is 4. The molecule has 0 bridgehead atoms. The molecule has 0 fully saturated rings. The van der Waals surface area contributed by atoms with Crippen LogP contribution in [0.3, 0.4) is 0 Å². The predicted octanol–water partition coefficient (Wildman–Crippen LogP) is 1.44. The highest BCUT2D eigenvalue weighted by molar-refractivity contribution is 6.06. The number of aryl methyl sites for hydroxylation is 2. The third-order valence-corrected chi connectivity index (χ3v) is 3.64. The highest BCUT2D eigenvalue weighted by atomic mass is 16.2. The molecule has 0 aromatic carbocycles. The Morgan fingerprint density at radius 2 is 2.04 bits per heavy atom. The van der Waals surface area contributed by atoms with E-state index in [9.17, 15) is 9.59 Å². The van der Waals surface area contributed by atoms with Crippen LogP contribution >= 0.6 is 0 Å². The van der Waals surface area contributed by atoms with Crippen molar-refractivity contribution in [3.63, 3.8) is 0 Å². The van der Waals surface area contributed by atoms with E-state index in [2.05, 4.69) is 20.8 Å².